The highest BCUT2D eigenvalue weighted by Crippen LogP contribution is 2.34. The van der Waals surface area contributed by atoms with Gasteiger partial charge in [0.1, 0.15) is 11.3 Å². The van der Waals surface area contributed by atoms with Crippen molar-refractivity contribution in [2.75, 3.05) is 14.1 Å². The second-order valence-corrected chi connectivity index (χ2v) is 7.55. The molecule has 0 spiro atoms. The molecule has 1 amide bonds. The summed E-state index contributed by atoms with van der Waals surface area (Å²) in [6, 6.07) is 9.21. The van der Waals surface area contributed by atoms with E-state index in [9.17, 15) is 9.59 Å². The lowest BCUT2D eigenvalue weighted by atomic mass is 9.94. The molecular weight excluding hydrogens is 356 g/mol. The van der Waals surface area contributed by atoms with Crippen molar-refractivity contribution in [3.63, 3.8) is 0 Å². The summed E-state index contributed by atoms with van der Waals surface area (Å²) in [6.45, 7) is 9.91. The van der Waals surface area contributed by atoms with E-state index < -0.39 is 6.16 Å². The van der Waals surface area contributed by atoms with Gasteiger partial charge in [0.2, 0.25) is 11.9 Å². The summed E-state index contributed by atoms with van der Waals surface area (Å²) in [5.74, 6) is 0.751. The molecule has 0 saturated carbocycles. The van der Waals surface area contributed by atoms with E-state index in [0.29, 0.717) is 17.0 Å². The number of aromatic nitrogens is 1. The number of nitrogens with zero attached hydrogens (tertiary/aromatic N) is 2. The van der Waals surface area contributed by atoms with Gasteiger partial charge < -0.3 is 9.64 Å². The SMILES string of the molecule is Cc1c(C(=O)N(C)C)ccc[n+]1OC(=O)Oc1c(C(C)C)cccc1C(C)C. The van der Waals surface area contributed by atoms with E-state index in [4.69, 9.17) is 9.57 Å². The Bertz CT molecular complexity index is 847. The van der Waals surface area contributed by atoms with Crippen LogP contribution in [0.15, 0.2) is 36.5 Å². The first-order valence-electron chi connectivity index (χ1n) is 9.39. The van der Waals surface area contributed by atoms with E-state index >= 15 is 0 Å². The number of amides is 1. The van der Waals surface area contributed by atoms with Crippen molar-refractivity contribution in [2.45, 2.75) is 46.5 Å². The molecule has 0 unspecified atom stereocenters. The summed E-state index contributed by atoms with van der Waals surface area (Å²) in [6.07, 6.45) is 0.721. The van der Waals surface area contributed by atoms with E-state index in [-0.39, 0.29) is 17.7 Å². The van der Waals surface area contributed by atoms with Gasteiger partial charge in [0.15, 0.2) is 0 Å². The zero-order valence-electron chi connectivity index (χ0n) is 17.6. The third-order valence-corrected chi connectivity index (χ3v) is 4.52. The van der Waals surface area contributed by atoms with Crippen LogP contribution in [0.25, 0.3) is 0 Å². The quantitative estimate of drug-likeness (QED) is 0.445. The van der Waals surface area contributed by atoms with Crippen molar-refractivity contribution in [3.05, 3.63) is 58.9 Å². The van der Waals surface area contributed by atoms with Gasteiger partial charge in [-0.3, -0.25) is 4.79 Å². The largest absolute Gasteiger partial charge is 0.577 e. The predicted octanol–water partition coefficient (Wildman–Crippen LogP) is 3.86. The van der Waals surface area contributed by atoms with Crippen molar-refractivity contribution < 1.29 is 23.9 Å². The van der Waals surface area contributed by atoms with Crippen LogP contribution in [0.5, 0.6) is 5.75 Å². The Balaban J connectivity index is 2.31. The normalized spacial score (nSPS) is 10.9. The molecule has 0 saturated heterocycles. The van der Waals surface area contributed by atoms with Crippen LogP contribution >= 0.6 is 0 Å². The van der Waals surface area contributed by atoms with Gasteiger partial charge in [-0.15, -0.1) is 4.84 Å². The maximum atomic E-state index is 12.5. The Morgan fingerprint density at radius 2 is 1.54 bits per heavy atom. The van der Waals surface area contributed by atoms with E-state index in [2.05, 4.69) is 0 Å². The highest BCUT2D eigenvalue weighted by molar-refractivity contribution is 5.94. The zero-order chi connectivity index (χ0) is 21.0. The van der Waals surface area contributed by atoms with Gasteiger partial charge in [0.05, 0.1) is 0 Å². The number of benzene rings is 1. The van der Waals surface area contributed by atoms with Crippen molar-refractivity contribution in [3.8, 4) is 5.75 Å². The van der Waals surface area contributed by atoms with Crippen LogP contribution in [-0.2, 0) is 0 Å². The molecule has 0 radical (unpaired) electrons. The molecule has 1 aromatic heterocycles. The number of carbonyl (C=O) groups excluding carboxylic acids is 2. The molecule has 1 aromatic carbocycles. The van der Waals surface area contributed by atoms with Crippen LogP contribution in [0.3, 0.4) is 0 Å². The van der Waals surface area contributed by atoms with Gasteiger partial charge in [0.25, 0.3) is 5.91 Å². The fourth-order valence-corrected chi connectivity index (χ4v) is 2.92. The van der Waals surface area contributed by atoms with Crippen LogP contribution in [0.1, 0.15) is 66.7 Å². The molecule has 150 valence electrons. The number of carbonyl (C=O) groups is 2. The maximum Gasteiger partial charge on any atom is 0.577 e. The minimum absolute atomic E-state index is 0.170. The van der Waals surface area contributed by atoms with Gasteiger partial charge in [-0.2, -0.15) is 4.79 Å². The Labute approximate surface area is 166 Å². The highest BCUT2D eigenvalue weighted by atomic mass is 16.8. The van der Waals surface area contributed by atoms with Crippen molar-refractivity contribution in [2.24, 2.45) is 0 Å². The molecule has 6 nitrogen and oxygen atoms in total. The molecule has 0 aliphatic carbocycles. The first-order chi connectivity index (χ1) is 13.1. The molecule has 2 rings (SSSR count). The molecule has 1 heterocycles. The van der Waals surface area contributed by atoms with Crippen LogP contribution < -0.4 is 14.3 Å². The Morgan fingerprint density at radius 3 is 2.04 bits per heavy atom. The van der Waals surface area contributed by atoms with Crippen molar-refractivity contribution >= 4 is 12.1 Å². The van der Waals surface area contributed by atoms with Gasteiger partial charge in [-0.1, -0.05) is 45.9 Å². The Morgan fingerprint density at radius 1 is 0.964 bits per heavy atom. The van der Waals surface area contributed by atoms with Crippen molar-refractivity contribution in [1.82, 2.24) is 4.90 Å². The summed E-state index contributed by atoms with van der Waals surface area (Å²) in [4.78, 5) is 31.7. The van der Waals surface area contributed by atoms with Gasteiger partial charge >= 0.3 is 6.16 Å². The average Bonchev–Trinajstić information content (AvgIpc) is 2.62. The summed E-state index contributed by atoms with van der Waals surface area (Å²) in [5.41, 5.74) is 2.85. The molecule has 0 N–H and O–H groups in total. The average molecular weight is 385 g/mol. The second-order valence-electron chi connectivity index (χ2n) is 7.55. The Kier molecular flexibility index (Phi) is 6.78. The van der Waals surface area contributed by atoms with E-state index in [0.717, 1.165) is 11.1 Å². The van der Waals surface area contributed by atoms with Crippen LogP contribution in [-0.4, -0.2) is 31.1 Å². The number of hydrogen-bond donors (Lipinski definition) is 0. The van der Waals surface area contributed by atoms with E-state index in [1.807, 2.05) is 45.9 Å². The van der Waals surface area contributed by atoms with Crippen molar-refractivity contribution in [1.29, 1.82) is 0 Å². The minimum Gasteiger partial charge on any atom is -0.390 e. The molecule has 28 heavy (non-hydrogen) atoms. The smallest absolute Gasteiger partial charge is 0.390 e. The fourth-order valence-electron chi connectivity index (χ4n) is 2.92. The summed E-state index contributed by atoms with van der Waals surface area (Å²) in [5, 5.41) is 0. The first-order valence-corrected chi connectivity index (χ1v) is 9.39. The van der Waals surface area contributed by atoms with Gasteiger partial charge in [-0.25, -0.2) is 0 Å². The maximum absolute atomic E-state index is 12.5. The molecule has 0 atom stereocenters. The lowest BCUT2D eigenvalue weighted by Gasteiger charge is -2.17. The lowest BCUT2D eigenvalue weighted by Crippen LogP contribution is -2.50. The molecular formula is C22H29N2O4+. The zero-order valence-corrected chi connectivity index (χ0v) is 17.6. The minimum atomic E-state index is -0.849. The fraction of sp³-hybridized carbons (Fsp3) is 0.409. The van der Waals surface area contributed by atoms with E-state index in [1.54, 1.807) is 39.3 Å². The van der Waals surface area contributed by atoms with Gasteiger partial charge in [0, 0.05) is 31.8 Å². The topological polar surface area (TPSA) is 59.7 Å². The number of ether oxygens (including phenoxy) is 1. The number of hydrogen-bond acceptors (Lipinski definition) is 4. The van der Waals surface area contributed by atoms with Crippen LogP contribution in [0.4, 0.5) is 4.79 Å². The standard InChI is InChI=1S/C22H29N2O4/c1-14(2)17-10-8-11-18(15(3)4)20(17)27-22(26)28-24-13-9-12-19(16(24)5)21(25)23(6)7/h8-15H,1-7H3/q+1. The molecule has 0 fully saturated rings. The number of para-hydroxylation sites is 1. The van der Waals surface area contributed by atoms with Crippen LogP contribution in [0, 0.1) is 6.92 Å². The first kappa shape index (κ1) is 21.4. The third-order valence-electron chi connectivity index (χ3n) is 4.52. The summed E-state index contributed by atoms with van der Waals surface area (Å²) < 4.78 is 6.88. The lowest BCUT2D eigenvalue weighted by molar-refractivity contribution is -0.874. The van der Waals surface area contributed by atoms with E-state index in [1.165, 1.54) is 9.63 Å². The van der Waals surface area contributed by atoms with Crippen LogP contribution in [0.2, 0.25) is 0 Å². The molecule has 0 aliphatic heterocycles. The monoisotopic (exact) mass is 385 g/mol. The second kappa shape index (κ2) is 8.87. The third kappa shape index (κ3) is 4.68. The summed E-state index contributed by atoms with van der Waals surface area (Å²) >= 11 is 0. The molecule has 0 aliphatic rings. The molecule has 2 aromatic rings. The molecule has 6 heteroatoms. The Hall–Kier alpha value is -2.89. The van der Waals surface area contributed by atoms with Gasteiger partial charge in [-0.05, 0) is 29.0 Å². The number of rotatable bonds is 5. The predicted molar refractivity (Wildman–Crippen MR) is 107 cm³/mol. The summed E-state index contributed by atoms with van der Waals surface area (Å²) in [7, 11) is 3.34. The molecule has 0 bridgehead atoms. The highest BCUT2D eigenvalue weighted by Gasteiger charge is 2.25. The number of pyridine rings is 1.